The van der Waals surface area contributed by atoms with Crippen molar-refractivity contribution in [1.82, 2.24) is 9.55 Å². The first-order valence-corrected chi connectivity index (χ1v) is 15.8. The van der Waals surface area contributed by atoms with Crippen LogP contribution < -0.4 is 0 Å². The molecular formula is C26H25Cl3N2O7P2. The van der Waals surface area contributed by atoms with E-state index in [0.717, 1.165) is 12.5 Å². The molecule has 0 fully saturated rings. The monoisotopic (exact) mass is 646 g/mol. The predicted molar refractivity (Wildman–Crippen MR) is 153 cm³/mol. The Morgan fingerprint density at radius 1 is 0.825 bits per heavy atom. The molecule has 0 saturated heterocycles. The molecule has 2 unspecified atom stereocenters. The number of benzene rings is 3. The van der Waals surface area contributed by atoms with Crippen molar-refractivity contribution in [3.8, 4) is 0 Å². The van der Waals surface area contributed by atoms with Gasteiger partial charge in [-0.15, -0.1) is 0 Å². The van der Waals surface area contributed by atoms with Gasteiger partial charge < -0.3 is 28.1 Å². The lowest BCUT2D eigenvalue weighted by atomic mass is 10.2. The quantitative estimate of drug-likeness (QED) is 0.143. The third kappa shape index (κ3) is 7.64. The van der Waals surface area contributed by atoms with Crippen molar-refractivity contribution in [1.29, 1.82) is 0 Å². The number of hydrogen-bond acceptors (Lipinski definition) is 7. The van der Waals surface area contributed by atoms with Gasteiger partial charge in [0.15, 0.2) is 0 Å². The average Bonchev–Trinajstić information content (AvgIpc) is 3.51. The zero-order valence-electron chi connectivity index (χ0n) is 22.6. The van der Waals surface area contributed by atoms with Crippen molar-refractivity contribution in [2.24, 2.45) is 0 Å². The maximum atomic E-state index is 14.7. The van der Waals surface area contributed by atoms with E-state index in [9.17, 15) is 19.1 Å². The molecule has 4 aromatic rings. The van der Waals surface area contributed by atoms with E-state index >= 15 is 0 Å². The third-order valence-corrected chi connectivity index (χ3v) is 10.8. The Morgan fingerprint density at radius 3 is 1.88 bits per heavy atom. The number of rotatable bonds is 13. The van der Waals surface area contributed by atoms with E-state index in [1.165, 1.54) is 42.6 Å². The number of halogens is 3. The zero-order valence-corrected chi connectivity index (χ0v) is 24.7. The second-order valence-electron chi connectivity index (χ2n) is 8.44. The summed E-state index contributed by atoms with van der Waals surface area (Å²) < 4.78 is 63.6. The van der Waals surface area contributed by atoms with E-state index in [-0.39, 0.29) is 0 Å². The van der Waals surface area contributed by atoms with Crippen molar-refractivity contribution < 1.29 is 35.4 Å². The van der Waals surface area contributed by atoms with Crippen LogP contribution in [0.1, 0.15) is 19.4 Å². The molecule has 3 aromatic carbocycles. The van der Waals surface area contributed by atoms with Crippen molar-refractivity contribution in [3.63, 3.8) is 0 Å². The molecule has 212 valence electrons. The van der Waals surface area contributed by atoms with E-state index in [2.05, 4.69) is 4.98 Å². The van der Waals surface area contributed by atoms with Gasteiger partial charge in [-0.2, -0.15) is 0 Å². The largest absolute Gasteiger partial charge is 0.377 e. The summed E-state index contributed by atoms with van der Waals surface area (Å²) in [7, 11) is -11.1. The number of aliphatic hydroxyl groups is 1. The number of nitrogens with zero attached hydrogens (tertiary/aromatic N) is 2. The molecule has 0 amide bonds. The second-order valence-corrected chi connectivity index (χ2v) is 14.2. The van der Waals surface area contributed by atoms with Crippen LogP contribution in [0, 0.1) is 0 Å². The van der Waals surface area contributed by atoms with Crippen LogP contribution in [0.3, 0.4) is 0 Å². The Labute approximate surface area is 249 Å². The molecule has 40 heavy (non-hydrogen) atoms. The normalized spacial score (nSPS) is 16.0. The van der Waals surface area contributed by atoms with Crippen LogP contribution in [0.15, 0.2) is 91.5 Å². The smallest absolute Gasteiger partial charge is 0.366 e. The topological polar surface area (TPSA) is 120 Å². The third-order valence-electron chi connectivity index (χ3n) is 5.46. The Balaban J connectivity index is 1.81. The highest BCUT2D eigenvalue weighted by molar-refractivity contribution is 7.73. The lowest BCUT2D eigenvalue weighted by Crippen LogP contribution is -2.36. The van der Waals surface area contributed by atoms with Crippen molar-refractivity contribution in [2.75, 3.05) is 0 Å². The Kier molecular flexibility index (Phi) is 9.37. The summed E-state index contributed by atoms with van der Waals surface area (Å²) in [4.78, 5) is 15.1. The molecule has 2 atom stereocenters. The van der Waals surface area contributed by atoms with Crippen LogP contribution >= 0.6 is 50.0 Å². The van der Waals surface area contributed by atoms with Crippen LogP contribution in [0.4, 0.5) is 0 Å². The first kappa shape index (κ1) is 28.1. The molecule has 14 heteroatoms. The number of hydrogen-bond donors (Lipinski definition) is 2. The molecule has 4 rings (SSSR count). The number of imidazole rings is 1. The summed E-state index contributed by atoms with van der Waals surface area (Å²) in [6.45, 7) is -5.03. The molecule has 0 spiro atoms. The maximum Gasteiger partial charge on any atom is 0.377 e. The van der Waals surface area contributed by atoms with E-state index in [4.69, 9.17) is 51.1 Å². The molecule has 0 aliphatic carbocycles. The summed E-state index contributed by atoms with van der Waals surface area (Å²) in [6.07, 6.45) is 3.17. The maximum absolute atomic E-state index is 14.7. The molecule has 0 bridgehead atoms. The van der Waals surface area contributed by atoms with Crippen molar-refractivity contribution in [2.45, 2.75) is 31.4 Å². The molecule has 0 radical (unpaired) electrons. The van der Waals surface area contributed by atoms with Crippen LogP contribution in [0.25, 0.3) is 0 Å². The van der Waals surface area contributed by atoms with Crippen LogP contribution in [0.5, 0.6) is 0 Å². The second kappa shape index (κ2) is 13.3. The van der Waals surface area contributed by atoms with Crippen molar-refractivity contribution >= 4 is 50.0 Å². The Morgan fingerprint density at radius 2 is 1.38 bits per heavy atom. The summed E-state index contributed by atoms with van der Waals surface area (Å²) in [5.41, 5.74) is 1.07. The fourth-order valence-corrected chi connectivity index (χ4v) is 7.77. The fraction of sp³-hybridized carbons (Fsp3) is 0.192. The highest BCUT2D eigenvalue weighted by atomic mass is 35.5. The van der Waals surface area contributed by atoms with Gasteiger partial charge in [0.25, 0.3) is 5.08 Å². The summed E-state index contributed by atoms with van der Waals surface area (Å²) in [5, 5.41) is 9.28. The van der Waals surface area contributed by atoms with Gasteiger partial charge in [-0.3, -0.25) is 9.13 Å². The Hall–Kier alpha value is -2.00. The molecule has 0 aliphatic heterocycles. The SMILES string of the molecule is [2H]C([2H])(n1ccnc1)C(O)(P(=O)(O)OCc1ccc(Cl)cc1)P(=O)(OCc1cccc(Cl)c1)OCc1cccc(Cl)c1. The molecular weight excluding hydrogens is 621 g/mol. The van der Waals surface area contributed by atoms with Gasteiger partial charge in [0.1, 0.15) is 0 Å². The van der Waals surface area contributed by atoms with E-state index in [0.29, 0.717) is 36.3 Å². The first-order valence-electron chi connectivity index (χ1n) is 12.6. The molecule has 9 nitrogen and oxygen atoms in total. The van der Waals surface area contributed by atoms with Gasteiger partial charge in [0, 0.05) is 27.5 Å². The van der Waals surface area contributed by atoms with Gasteiger partial charge in [-0.1, -0.05) is 71.2 Å². The van der Waals surface area contributed by atoms with Crippen molar-refractivity contribution in [3.05, 3.63) is 123 Å². The molecule has 1 heterocycles. The highest BCUT2D eigenvalue weighted by Gasteiger charge is 2.64. The predicted octanol–water partition coefficient (Wildman–Crippen LogP) is 7.52. The summed E-state index contributed by atoms with van der Waals surface area (Å²) in [6, 6.07) is 18.4. The standard InChI is InChI=1S/C26H25Cl3N2O7P2/c27-23-9-7-20(8-10-23)15-36-39(33,34)26(32,18-31-12-11-30-19-31)40(35,37-16-21-3-1-5-24(28)13-21)38-17-22-4-2-6-25(29)14-22/h1-14,19,32H,15-18H2,(H,33,34)/i18D2. The molecule has 0 aliphatic rings. The van der Waals surface area contributed by atoms with Gasteiger partial charge in [-0.25, -0.2) is 4.98 Å². The molecule has 2 N–H and O–H groups in total. The average molecular weight is 648 g/mol. The fourth-order valence-electron chi connectivity index (χ4n) is 3.40. The van der Waals surface area contributed by atoms with Gasteiger partial charge in [0.05, 0.1) is 35.4 Å². The zero-order chi connectivity index (χ0) is 30.6. The van der Waals surface area contributed by atoms with Gasteiger partial charge in [-0.05, 0) is 53.1 Å². The van der Waals surface area contributed by atoms with E-state index in [1.54, 1.807) is 36.4 Å². The van der Waals surface area contributed by atoms with Crippen LogP contribution in [0.2, 0.25) is 15.1 Å². The van der Waals surface area contributed by atoms with Gasteiger partial charge in [0.2, 0.25) is 0 Å². The van der Waals surface area contributed by atoms with E-state index in [1.807, 2.05) is 0 Å². The van der Waals surface area contributed by atoms with Gasteiger partial charge >= 0.3 is 15.2 Å². The first-order chi connectivity index (χ1) is 19.8. The molecule has 0 saturated carbocycles. The lowest BCUT2D eigenvalue weighted by molar-refractivity contribution is 0.0713. The minimum Gasteiger partial charge on any atom is -0.366 e. The lowest BCUT2D eigenvalue weighted by Gasteiger charge is -2.36. The van der Waals surface area contributed by atoms with Crippen LogP contribution in [-0.4, -0.2) is 24.6 Å². The summed E-state index contributed by atoms with van der Waals surface area (Å²) >= 11 is 18.0. The highest BCUT2D eigenvalue weighted by Crippen LogP contribution is 2.75. The minimum absolute atomic E-state index is 0.314. The summed E-state index contributed by atoms with van der Waals surface area (Å²) in [5.74, 6) is 0. The minimum atomic E-state index is -5.70. The number of aromatic nitrogens is 2. The van der Waals surface area contributed by atoms with E-state index < -0.39 is 46.6 Å². The Bertz CT molecular complexity index is 1560. The molecule has 1 aromatic heterocycles. The van der Waals surface area contributed by atoms with Crippen LogP contribution in [-0.2, 0) is 49.0 Å².